The Kier molecular flexibility index (Phi) is 3.83. The Balaban J connectivity index is 2.03. The maximum Gasteiger partial charge on any atom is 0.0400 e. The fraction of sp³-hybridized carbons (Fsp3) is 0.143. The molecule has 0 aliphatic rings. The molecule has 2 rings (SSSR count). The number of aryl methyl sites for hydroxylation is 1. The highest BCUT2D eigenvalue weighted by atomic mass is 127. The minimum Gasteiger partial charge on any atom is -0.381 e. The zero-order chi connectivity index (χ0) is 11.4. The van der Waals surface area contributed by atoms with Crippen molar-refractivity contribution < 1.29 is 0 Å². The van der Waals surface area contributed by atoms with Gasteiger partial charge in [0.05, 0.1) is 0 Å². The summed E-state index contributed by atoms with van der Waals surface area (Å²) in [7, 11) is 0. The highest BCUT2D eigenvalue weighted by Crippen LogP contribution is 2.17. The van der Waals surface area contributed by atoms with Crippen molar-refractivity contribution in [3.05, 3.63) is 63.2 Å². The molecule has 0 atom stereocenters. The third-order valence-corrected chi connectivity index (χ3v) is 3.67. The van der Waals surface area contributed by atoms with Crippen LogP contribution in [0.25, 0.3) is 0 Å². The van der Waals surface area contributed by atoms with Crippen LogP contribution in [0.5, 0.6) is 0 Å². The standard InChI is InChI=1S/C14H14IN/c1-11-7-8-13(9-14(11)15)16-10-12-5-3-2-4-6-12/h2-9,16H,10H2,1H3. The van der Waals surface area contributed by atoms with Gasteiger partial charge < -0.3 is 5.32 Å². The molecule has 0 amide bonds. The first-order valence-electron chi connectivity index (χ1n) is 5.29. The molecule has 0 saturated carbocycles. The molecule has 16 heavy (non-hydrogen) atoms. The number of anilines is 1. The van der Waals surface area contributed by atoms with Crippen molar-refractivity contribution in [1.82, 2.24) is 0 Å². The van der Waals surface area contributed by atoms with Crippen LogP contribution < -0.4 is 5.32 Å². The highest BCUT2D eigenvalue weighted by Gasteiger charge is 1.97. The number of nitrogens with one attached hydrogen (secondary N) is 1. The lowest BCUT2D eigenvalue weighted by Gasteiger charge is -2.08. The summed E-state index contributed by atoms with van der Waals surface area (Å²) in [5.74, 6) is 0. The van der Waals surface area contributed by atoms with Crippen molar-refractivity contribution in [1.29, 1.82) is 0 Å². The zero-order valence-corrected chi connectivity index (χ0v) is 11.4. The summed E-state index contributed by atoms with van der Waals surface area (Å²) in [6.45, 7) is 3.00. The molecule has 2 heteroatoms. The fourth-order valence-corrected chi connectivity index (χ4v) is 2.02. The Labute approximate surface area is 110 Å². The highest BCUT2D eigenvalue weighted by molar-refractivity contribution is 14.1. The van der Waals surface area contributed by atoms with Crippen molar-refractivity contribution >= 4 is 28.3 Å². The molecule has 0 bridgehead atoms. The van der Waals surface area contributed by atoms with Gasteiger partial charge in [-0.05, 0) is 52.8 Å². The number of benzene rings is 2. The van der Waals surface area contributed by atoms with Crippen molar-refractivity contribution in [2.75, 3.05) is 5.32 Å². The maximum absolute atomic E-state index is 3.42. The monoisotopic (exact) mass is 323 g/mol. The van der Waals surface area contributed by atoms with E-state index in [-0.39, 0.29) is 0 Å². The van der Waals surface area contributed by atoms with E-state index in [1.807, 2.05) is 6.07 Å². The van der Waals surface area contributed by atoms with E-state index in [1.165, 1.54) is 20.4 Å². The number of halogens is 1. The minimum atomic E-state index is 0.875. The Morgan fingerprint density at radius 2 is 1.81 bits per heavy atom. The van der Waals surface area contributed by atoms with Gasteiger partial charge in [-0.2, -0.15) is 0 Å². The van der Waals surface area contributed by atoms with Gasteiger partial charge in [0.1, 0.15) is 0 Å². The average Bonchev–Trinajstić information content (AvgIpc) is 2.32. The lowest BCUT2D eigenvalue weighted by Crippen LogP contribution is -1.99. The van der Waals surface area contributed by atoms with Crippen LogP contribution in [0.15, 0.2) is 48.5 Å². The van der Waals surface area contributed by atoms with Gasteiger partial charge in [0.2, 0.25) is 0 Å². The fourth-order valence-electron chi connectivity index (χ4n) is 1.50. The smallest absolute Gasteiger partial charge is 0.0400 e. The quantitative estimate of drug-likeness (QED) is 0.834. The van der Waals surface area contributed by atoms with E-state index in [0.29, 0.717) is 0 Å². The van der Waals surface area contributed by atoms with Gasteiger partial charge in [-0.1, -0.05) is 36.4 Å². The second kappa shape index (κ2) is 5.34. The van der Waals surface area contributed by atoms with Crippen LogP contribution in [-0.2, 0) is 6.54 Å². The van der Waals surface area contributed by atoms with Crippen molar-refractivity contribution in [2.24, 2.45) is 0 Å². The van der Waals surface area contributed by atoms with E-state index < -0.39 is 0 Å². The van der Waals surface area contributed by atoms with Gasteiger partial charge in [0.25, 0.3) is 0 Å². The first-order chi connectivity index (χ1) is 7.75. The second-order valence-electron chi connectivity index (χ2n) is 3.80. The summed E-state index contributed by atoms with van der Waals surface area (Å²) in [6, 6.07) is 16.9. The maximum atomic E-state index is 3.42. The topological polar surface area (TPSA) is 12.0 Å². The molecule has 0 radical (unpaired) electrons. The van der Waals surface area contributed by atoms with E-state index in [2.05, 4.69) is 77.3 Å². The Morgan fingerprint density at radius 3 is 2.50 bits per heavy atom. The third kappa shape index (κ3) is 2.98. The molecule has 0 saturated heterocycles. The van der Waals surface area contributed by atoms with E-state index in [1.54, 1.807) is 0 Å². The molecule has 0 aliphatic heterocycles. The number of rotatable bonds is 3. The van der Waals surface area contributed by atoms with Crippen LogP contribution in [0, 0.1) is 10.5 Å². The van der Waals surface area contributed by atoms with Gasteiger partial charge in [-0.3, -0.25) is 0 Å². The molecule has 2 aromatic carbocycles. The SMILES string of the molecule is Cc1ccc(NCc2ccccc2)cc1I. The molecule has 0 aromatic heterocycles. The molecular weight excluding hydrogens is 309 g/mol. The lowest BCUT2D eigenvalue weighted by atomic mass is 10.2. The molecule has 82 valence electrons. The second-order valence-corrected chi connectivity index (χ2v) is 4.97. The molecule has 0 unspecified atom stereocenters. The van der Waals surface area contributed by atoms with Gasteiger partial charge >= 0.3 is 0 Å². The van der Waals surface area contributed by atoms with Gasteiger partial charge in [0.15, 0.2) is 0 Å². The van der Waals surface area contributed by atoms with Crippen LogP contribution in [0.4, 0.5) is 5.69 Å². The van der Waals surface area contributed by atoms with Gasteiger partial charge in [-0.15, -0.1) is 0 Å². The number of hydrogen-bond donors (Lipinski definition) is 1. The first-order valence-corrected chi connectivity index (χ1v) is 6.37. The van der Waals surface area contributed by atoms with Crippen LogP contribution in [0.1, 0.15) is 11.1 Å². The van der Waals surface area contributed by atoms with Gasteiger partial charge in [-0.25, -0.2) is 0 Å². The summed E-state index contributed by atoms with van der Waals surface area (Å²) in [5.41, 5.74) is 3.81. The van der Waals surface area contributed by atoms with Crippen LogP contribution in [0.3, 0.4) is 0 Å². The summed E-state index contributed by atoms with van der Waals surface area (Å²) < 4.78 is 1.30. The summed E-state index contributed by atoms with van der Waals surface area (Å²) in [5, 5.41) is 3.42. The van der Waals surface area contributed by atoms with Crippen molar-refractivity contribution in [3.8, 4) is 0 Å². The summed E-state index contributed by atoms with van der Waals surface area (Å²) in [4.78, 5) is 0. The Hall–Kier alpha value is -1.03. The molecule has 1 N–H and O–H groups in total. The Bertz CT molecular complexity index is 465. The molecule has 0 aliphatic carbocycles. The lowest BCUT2D eigenvalue weighted by molar-refractivity contribution is 1.15. The van der Waals surface area contributed by atoms with E-state index in [4.69, 9.17) is 0 Å². The van der Waals surface area contributed by atoms with Crippen molar-refractivity contribution in [2.45, 2.75) is 13.5 Å². The molecule has 1 nitrogen and oxygen atoms in total. The summed E-state index contributed by atoms with van der Waals surface area (Å²) >= 11 is 2.36. The predicted octanol–water partition coefficient (Wildman–Crippen LogP) is 4.21. The first kappa shape index (κ1) is 11.5. The van der Waals surface area contributed by atoms with E-state index in [0.717, 1.165) is 6.54 Å². The minimum absolute atomic E-state index is 0.875. The molecule has 0 heterocycles. The number of hydrogen-bond acceptors (Lipinski definition) is 1. The summed E-state index contributed by atoms with van der Waals surface area (Å²) in [6.07, 6.45) is 0. The third-order valence-electron chi connectivity index (χ3n) is 2.51. The van der Waals surface area contributed by atoms with Gasteiger partial charge in [0, 0.05) is 15.8 Å². The van der Waals surface area contributed by atoms with Crippen LogP contribution in [0.2, 0.25) is 0 Å². The predicted molar refractivity (Wildman–Crippen MR) is 77.7 cm³/mol. The van der Waals surface area contributed by atoms with Crippen LogP contribution in [-0.4, -0.2) is 0 Å². The normalized spacial score (nSPS) is 10.1. The van der Waals surface area contributed by atoms with Crippen LogP contribution >= 0.6 is 22.6 Å². The largest absolute Gasteiger partial charge is 0.381 e. The molecule has 2 aromatic rings. The average molecular weight is 323 g/mol. The molecule has 0 spiro atoms. The van der Waals surface area contributed by atoms with E-state index in [9.17, 15) is 0 Å². The molecule has 0 fully saturated rings. The Morgan fingerprint density at radius 1 is 1.06 bits per heavy atom. The molecular formula is C14H14IN. The van der Waals surface area contributed by atoms with E-state index >= 15 is 0 Å². The van der Waals surface area contributed by atoms with Crippen molar-refractivity contribution in [3.63, 3.8) is 0 Å². The zero-order valence-electron chi connectivity index (χ0n) is 9.20.